The number of nitrogens with one attached hydrogen (secondary N) is 4. The summed E-state index contributed by atoms with van der Waals surface area (Å²) in [4.78, 5) is 160. The number of ether oxygens (including phenoxy) is 5. The number of nitrogens with two attached hydrogens (primary N) is 2. The van der Waals surface area contributed by atoms with Gasteiger partial charge in [0.2, 0.25) is 30.3 Å². The second kappa shape index (κ2) is 58.1. The SMILES string of the molecule is CC(=O)O[C@@H](C(=O)NCc1cc(Cc2cccs2)cs1)[C@@H](OC(C)=O)C(=O)N1Cc2ccccc2C1.CC(=O)O[C@@H](C(=O)O)[C@@H](OC(C)=O)C(=O)N1Cc2ccccc2C1.CC(C)(C)CC(=O)NCc1cc(Br)cs1.CC(C)(C)OC(=O)NCc1cc(C(O)c2cccs2)cs1.NCc1cc(Br)cs1.NCc1cc(Cc2cccs2)cs1.O=C(NCc1cc(Cc2cccs2)cs1)[C@H](O)[C@@H](O)C(=O)N1Cc2ccccc2C1. The summed E-state index contributed by atoms with van der Waals surface area (Å²) in [6.45, 7) is 20.6. The zero-order valence-electron chi connectivity index (χ0n) is 82.2. The maximum atomic E-state index is 13.4. The fourth-order valence-corrected chi connectivity index (χ4v) is 23.5. The molecule has 0 radical (unpaired) electrons. The minimum atomic E-state index is -1.90. The van der Waals surface area contributed by atoms with Gasteiger partial charge < -0.3 is 91.5 Å². The van der Waals surface area contributed by atoms with Gasteiger partial charge in [-0.2, -0.15) is 0 Å². The number of aliphatic hydroxyl groups excluding tert-OH is 3. The zero-order valence-corrected chi connectivity index (χ0v) is 93.5. The van der Waals surface area contributed by atoms with E-state index in [2.05, 4.69) is 120 Å². The van der Waals surface area contributed by atoms with Gasteiger partial charge in [-0.05, 0) is 217 Å². The molecule has 3 aliphatic rings. The van der Waals surface area contributed by atoms with E-state index in [1.807, 2.05) is 203 Å². The van der Waals surface area contributed by atoms with Gasteiger partial charge in [0.25, 0.3) is 29.5 Å². The van der Waals surface area contributed by atoms with Crippen LogP contribution in [0.15, 0.2) is 220 Å². The molecule has 0 bridgehead atoms. The topological polar surface area (TPSA) is 442 Å². The fraction of sp³-hybridized carbons (Fsp3) is 0.333. The number of thiophene rings is 10. The molecule has 0 spiro atoms. The Morgan fingerprint density at radius 3 is 1.08 bits per heavy atom. The summed E-state index contributed by atoms with van der Waals surface area (Å²) >= 11 is 23.0. The first-order valence-electron chi connectivity index (χ1n) is 46.1. The zero-order chi connectivity index (χ0) is 107. The lowest BCUT2D eigenvalue weighted by atomic mass is 9.92. The van der Waals surface area contributed by atoms with E-state index >= 15 is 0 Å². The van der Waals surface area contributed by atoms with E-state index in [0.29, 0.717) is 58.8 Å². The third kappa shape index (κ3) is 39.4. The van der Waals surface area contributed by atoms with E-state index < -0.39 is 114 Å². The summed E-state index contributed by atoms with van der Waals surface area (Å²) < 4.78 is 27.4. The largest absolute Gasteiger partial charge is 0.478 e. The van der Waals surface area contributed by atoms with E-state index in [4.69, 9.17) is 30.4 Å². The van der Waals surface area contributed by atoms with Crippen molar-refractivity contribution >= 4 is 217 Å². The summed E-state index contributed by atoms with van der Waals surface area (Å²) in [5.41, 5.74) is 20.8. The van der Waals surface area contributed by atoms with Crippen LogP contribution >= 0.6 is 145 Å². The number of nitrogens with zero attached hydrogens (tertiary/aromatic N) is 3. The van der Waals surface area contributed by atoms with Crippen LogP contribution in [0.3, 0.4) is 0 Å². The number of benzene rings is 3. The monoisotopic (exact) mass is 2320 g/mol. The number of carboxylic acids is 1. The highest BCUT2D eigenvalue weighted by atomic mass is 79.9. The van der Waals surface area contributed by atoms with Crippen molar-refractivity contribution in [2.24, 2.45) is 16.9 Å². The number of hydrogen-bond acceptors (Lipinski definition) is 32. The van der Waals surface area contributed by atoms with Crippen LogP contribution in [0.2, 0.25) is 0 Å². The number of rotatable bonds is 32. The van der Waals surface area contributed by atoms with Crippen LogP contribution in [0.1, 0.15) is 186 Å². The number of aliphatic carboxylic acids is 1. The molecule has 13 aromatic rings. The van der Waals surface area contributed by atoms with E-state index in [1.54, 1.807) is 56.7 Å². The highest BCUT2D eigenvalue weighted by Gasteiger charge is 2.45. The number of hydrogen-bond donors (Lipinski definition) is 10. The molecule has 30 nitrogen and oxygen atoms in total. The minimum absolute atomic E-state index is 0.0557. The number of carbonyl (C=O) groups is 12. The third-order valence-corrected chi connectivity index (χ3v) is 32.2. The molecule has 782 valence electrons. The number of halogens is 2. The Morgan fingerprint density at radius 1 is 0.374 bits per heavy atom. The van der Waals surface area contributed by atoms with Gasteiger partial charge in [0.1, 0.15) is 11.7 Å². The Morgan fingerprint density at radius 2 is 0.714 bits per heavy atom. The van der Waals surface area contributed by atoms with Crippen molar-refractivity contribution in [3.63, 3.8) is 0 Å². The molecule has 10 aromatic heterocycles. The average Bonchev–Trinajstić information content (AvgIpc) is 1.67. The molecule has 16 rings (SSSR count). The number of carboxylic acid groups (broad SMARTS) is 1. The predicted molar refractivity (Wildman–Crippen MR) is 583 cm³/mol. The van der Waals surface area contributed by atoms with E-state index in [0.717, 1.165) is 125 Å². The number of aliphatic hydroxyl groups is 3. The highest BCUT2D eigenvalue weighted by molar-refractivity contribution is 9.10. The normalized spacial score (nSPS) is 13.4. The fourth-order valence-electron chi connectivity index (χ4n) is 14.6. The van der Waals surface area contributed by atoms with Gasteiger partial charge in [0, 0.05) is 174 Å². The van der Waals surface area contributed by atoms with Crippen molar-refractivity contribution in [2.45, 2.75) is 222 Å². The Hall–Kier alpha value is -11.1. The molecule has 0 aliphatic carbocycles. The smallest absolute Gasteiger partial charge is 0.407 e. The van der Waals surface area contributed by atoms with Crippen molar-refractivity contribution in [2.75, 3.05) is 0 Å². The number of fused-ring (bicyclic) bond motifs is 3. The lowest BCUT2D eigenvalue weighted by Gasteiger charge is -2.28. The number of amides is 7. The third-order valence-electron chi connectivity index (χ3n) is 21.3. The summed E-state index contributed by atoms with van der Waals surface area (Å²) in [6, 6.07) is 51.0. The Kier molecular flexibility index (Phi) is 46.6. The van der Waals surface area contributed by atoms with Gasteiger partial charge in [-0.1, -0.05) is 118 Å². The summed E-state index contributed by atoms with van der Waals surface area (Å²) in [5, 5.41) is 71.2. The van der Waals surface area contributed by atoms with Crippen LogP contribution in [-0.4, -0.2) is 149 Å². The lowest BCUT2D eigenvalue weighted by molar-refractivity contribution is -0.183. The van der Waals surface area contributed by atoms with Gasteiger partial charge in [-0.25, -0.2) is 9.59 Å². The standard InChI is InChI=1S/C26H26N2O6S2.C22H22N2O4S2.C16H17NO7.C15H19NO3S2.C11H16BrNOS.C10H11NS2.C5H6BrNS/c1-16(29)33-23(25(31)27-12-22-11-18(15-36-22)10-21-8-5-9-35-21)24(34-17(2)30)26(32)28-13-19-6-3-4-7-20(19)14-28;25-19(20(26)22(28)24-11-15-4-1-2-5-16(15)12-24)21(27)23-10-18-9-14(13-30-18)8-17-6-3-7-29-17;1-9(18)23-13(14(16(21)22)24-10(2)19)15(20)17-7-11-5-3-4-6-12(11)8-17;1-15(2,3)19-14(18)16-8-11-7-10(9-21-11)13(17)12-5-4-6-20-12;1-11(2,3)5-10(14)13-6-9-4-8(12)7-15-9;11-6-10-5-8(7-13-10)4-9-2-1-3-12-9;6-4-1-5(2-7)8-3-4/h3-9,11,15,23-24H,10,12-14H2,1-2H3,(H,27,31);1-7,9,13,19-20,25-26H,8,10-12H2,(H,23,27);3-6,13-14H,7-8H2,1-2H3,(H,21,22);4-7,9,13,17H,8H2,1-3H3,(H,16,18);4,7H,5-6H2,1-3H3,(H,13,14);1-3,5,7H,4,6,11H2;1,3H,2,7H2/t23-,24-;19-,20-;13-,14-;;;;/m111..../s1. The van der Waals surface area contributed by atoms with Crippen molar-refractivity contribution in [3.05, 3.63) is 325 Å². The maximum absolute atomic E-state index is 13.4. The molecule has 7 atom stereocenters. The summed E-state index contributed by atoms with van der Waals surface area (Å²) in [5.74, 6) is -8.16. The van der Waals surface area contributed by atoms with Crippen molar-refractivity contribution in [1.82, 2.24) is 36.0 Å². The Bertz CT molecular complexity index is 6400. The average molecular weight is 2320 g/mol. The first-order chi connectivity index (χ1) is 70.0. The van der Waals surface area contributed by atoms with Crippen molar-refractivity contribution < 1.29 is 102 Å². The van der Waals surface area contributed by atoms with Gasteiger partial charge >= 0.3 is 35.9 Å². The molecular formula is C105H117Br2N9O21S10. The van der Waals surface area contributed by atoms with Crippen LogP contribution in [0.4, 0.5) is 4.79 Å². The molecule has 3 aliphatic heterocycles. The van der Waals surface area contributed by atoms with Gasteiger partial charge in [-0.3, -0.25) is 47.9 Å². The quantitative estimate of drug-likeness (QED) is 0.0138. The molecule has 12 N–H and O–H groups in total. The molecular weight excluding hydrogens is 2200 g/mol. The van der Waals surface area contributed by atoms with Crippen LogP contribution in [0.5, 0.6) is 0 Å². The molecule has 0 saturated carbocycles. The number of esters is 4. The summed E-state index contributed by atoms with van der Waals surface area (Å²) in [6.07, 6.45) is -8.23. The van der Waals surface area contributed by atoms with Crippen LogP contribution in [0.25, 0.3) is 0 Å². The molecule has 7 amide bonds. The molecule has 3 aromatic carbocycles. The Balaban J connectivity index is 0.000000183. The lowest BCUT2D eigenvalue weighted by Crippen LogP contribution is -2.53. The molecule has 0 fully saturated rings. The van der Waals surface area contributed by atoms with Crippen molar-refractivity contribution in [3.8, 4) is 0 Å². The minimum Gasteiger partial charge on any atom is -0.478 e. The maximum Gasteiger partial charge on any atom is 0.407 e. The molecule has 147 heavy (non-hydrogen) atoms. The van der Waals surface area contributed by atoms with E-state index in [-0.39, 0.29) is 37.5 Å². The molecule has 0 saturated heterocycles. The Labute approximate surface area is 909 Å². The second-order valence-corrected chi connectivity index (χ2v) is 47.6. The van der Waals surface area contributed by atoms with Crippen LogP contribution in [-0.2, 0) is 174 Å². The molecule has 42 heteroatoms. The predicted octanol–water partition coefficient (Wildman–Crippen LogP) is 18.5. The van der Waals surface area contributed by atoms with Crippen LogP contribution < -0.4 is 32.7 Å². The van der Waals surface area contributed by atoms with E-state index in [1.165, 1.54) is 94.9 Å². The van der Waals surface area contributed by atoms with Crippen LogP contribution in [0, 0.1) is 5.41 Å². The van der Waals surface area contributed by atoms with E-state index in [9.17, 15) is 78.0 Å². The number of alkyl carbamates (subject to hydrolysis) is 1. The highest BCUT2D eigenvalue weighted by Crippen LogP contribution is 2.34. The first kappa shape index (κ1) is 118. The first-order valence-corrected chi connectivity index (χ1v) is 56.5. The molecule has 1 unspecified atom stereocenters. The number of carbonyl (C=O) groups excluding carboxylic acids is 11. The van der Waals surface area contributed by atoms with Crippen molar-refractivity contribution in [1.29, 1.82) is 0 Å². The van der Waals surface area contributed by atoms with Gasteiger partial charge in [0.15, 0.2) is 12.2 Å². The summed E-state index contributed by atoms with van der Waals surface area (Å²) in [7, 11) is 0. The molecule has 13 heterocycles. The van der Waals surface area contributed by atoms with Gasteiger partial charge in [0.05, 0.1) is 26.2 Å². The second-order valence-electron chi connectivity index (χ2n) is 35.7. The van der Waals surface area contributed by atoms with Gasteiger partial charge in [-0.15, -0.1) is 113 Å².